The smallest absolute Gasteiger partial charge is 0.335 e. The number of rotatable bonds is 7. The molecule has 2 heterocycles. The van der Waals surface area contributed by atoms with Gasteiger partial charge >= 0.3 is 5.69 Å². The number of nitrogens with one attached hydrogen (secondary N) is 2. The maximum Gasteiger partial charge on any atom is 0.335 e. The number of aromatic amines is 2. The van der Waals surface area contributed by atoms with Crippen molar-refractivity contribution in [1.29, 1.82) is 0 Å². The first kappa shape index (κ1) is 23.9. The molecule has 0 atom stereocenters. The van der Waals surface area contributed by atoms with E-state index in [1.807, 2.05) is 73.8 Å². The molecule has 0 saturated carbocycles. The highest BCUT2D eigenvalue weighted by molar-refractivity contribution is 6.14. The van der Waals surface area contributed by atoms with E-state index in [-0.39, 0.29) is 5.56 Å². The Bertz CT molecular complexity index is 1710. The largest absolute Gasteiger partial charge is 0.497 e. The summed E-state index contributed by atoms with van der Waals surface area (Å²) in [4.78, 5) is 36.1. The summed E-state index contributed by atoms with van der Waals surface area (Å²) < 4.78 is 6.44. The van der Waals surface area contributed by atoms with Gasteiger partial charge in [0.15, 0.2) is 0 Å². The Morgan fingerprint density at radius 1 is 1.03 bits per heavy atom. The minimum atomic E-state index is -0.727. The summed E-state index contributed by atoms with van der Waals surface area (Å²) in [5, 5.41) is 12.3. The van der Waals surface area contributed by atoms with Crippen LogP contribution >= 0.6 is 0 Å². The lowest BCUT2D eigenvalue weighted by Crippen LogP contribution is -2.33. The number of aromatic nitrogens is 3. The van der Waals surface area contributed by atoms with Gasteiger partial charge in [0.05, 0.1) is 18.5 Å². The number of aromatic hydroxyl groups is 1. The van der Waals surface area contributed by atoms with Crippen LogP contribution in [-0.4, -0.2) is 39.0 Å². The lowest BCUT2D eigenvalue weighted by atomic mass is 10.0. The molecule has 0 spiro atoms. The van der Waals surface area contributed by atoms with Crippen LogP contribution in [0.1, 0.15) is 22.3 Å². The summed E-state index contributed by atoms with van der Waals surface area (Å²) in [6.45, 7) is 2.27. The van der Waals surface area contributed by atoms with Crippen LogP contribution < -0.4 is 16.0 Å². The third kappa shape index (κ3) is 4.69. The van der Waals surface area contributed by atoms with Gasteiger partial charge in [-0.1, -0.05) is 48.0 Å². The third-order valence-electron chi connectivity index (χ3n) is 6.29. The van der Waals surface area contributed by atoms with Crippen molar-refractivity contribution in [2.75, 3.05) is 13.7 Å². The Hall–Kier alpha value is -4.85. The van der Waals surface area contributed by atoms with E-state index in [4.69, 9.17) is 9.73 Å². The molecule has 0 unspecified atom stereocenters. The van der Waals surface area contributed by atoms with Crippen LogP contribution in [0.15, 0.2) is 93.6 Å². The van der Waals surface area contributed by atoms with E-state index >= 15 is 0 Å². The average Bonchev–Trinajstić information content (AvgIpc) is 3.31. The zero-order valence-corrected chi connectivity index (χ0v) is 20.5. The molecular weight excluding hydrogens is 468 g/mol. The number of hydrogen-bond acceptors (Lipinski definition) is 5. The van der Waals surface area contributed by atoms with Crippen molar-refractivity contribution >= 4 is 16.6 Å². The lowest BCUT2D eigenvalue weighted by Gasteiger charge is -2.14. The summed E-state index contributed by atoms with van der Waals surface area (Å²) >= 11 is 0. The highest BCUT2D eigenvalue weighted by Gasteiger charge is 2.21. The summed E-state index contributed by atoms with van der Waals surface area (Å²) in [5.74, 6) is 0.300. The van der Waals surface area contributed by atoms with Gasteiger partial charge in [0.1, 0.15) is 11.3 Å². The predicted octanol–water partition coefficient (Wildman–Crippen LogP) is 4.11. The molecule has 0 saturated heterocycles. The van der Waals surface area contributed by atoms with Gasteiger partial charge in [-0.15, -0.1) is 0 Å². The molecule has 0 aliphatic heterocycles. The van der Waals surface area contributed by atoms with E-state index in [1.165, 1.54) is 0 Å². The molecule has 0 fully saturated rings. The summed E-state index contributed by atoms with van der Waals surface area (Å²) in [7, 11) is 1.63. The summed E-state index contributed by atoms with van der Waals surface area (Å²) in [5.41, 5.74) is 2.94. The first-order chi connectivity index (χ1) is 18.0. The topological polar surface area (TPSA) is 112 Å². The van der Waals surface area contributed by atoms with Gasteiger partial charge in [-0.05, 0) is 49.2 Å². The number of aryl methyl sites for hydroxylation is 1. The number of ether oxygens (including phenoxy) is 1. The highest BCUT2D eigenvalue weighted by atomic mass is 16.5. The molecule has 8 nitrogen and oxygen atoms in total. The molecule has 0 amide bonds. The number of nitrogens with zero attached hydrogens (tertiary/aromatic N) is 2. The second kappa shape index (κ2) is 10.0. The number of benzene rings is 3. The SMILES string of the molecule is COc1ccc2[nH]cc(CCN=C(c3ccccc3)c3c(O)n(-c4ccc(C)cc4)c(=O)[nH]c3=O)c2c1. The number of H-pyrrole nitrogens is 2. The van der Waals surface area contributed by atoms with E-state index in [1.54, 1.807) is 19.2 Å². The molecule has 2 aromatic heterocycles. The van der Waals surface area contributed by atoms with Crippen LogP contribution in [0.4, 0.5) is 0 Å². The molecule has 186 valence electrons. The fraction of sp³-hybridized carbons (Fsp3) is 0.138. The molecule has 0 bridgehead atoms. The number of fused-ring (bicyclic) bond motifs is 1. The van der Waals surface area contributed by atoms with Crippen molar-refractivity contribution in [1.82, 2.24) is 14.5 Å². The fourth-order valence-corrected chi connectivity index (χ4v) is 4.36. The van der Waals surface area contributed by atoms with Crippen molar-refractivity contribution in [3.63, 3.8) is 0 Å². The minimum absolute atomic E-state index is 0.0630. The van der Waals surface area contributed by atoms with Gasteiger partial charge in [-0.2, -0.15) is 0 Å². The van der Waals surface area contributed by atoms with Crippen molar-refractivity contribution < 1.29 is 9.84 Å². The van der Waals surface area contributed by atoms with Gasteiger partial charge in [-0.25, -0.2) is 9.36 Å². The fourth-order valence-electron chi connectivity index (χ4n) is 4.36. The van der Waals surface area contributed by atoms with E-state index in [0.29, 0.717) is 29.9 Å². The van der Waals surface area contributed by atoms with Crippen LogP contribution in [0.25, 0.3) is 16.6 Å². The van der Waals surface area contributed by atoms with Crippen LogP contribution in [0, 0.1) is 6.92 Å². The molecule has 3 aromatic carbocycles. The van der Waals surface area contributed by atoms with Crippen molar-refractivity contribution in [2.45, 2.75) is 13.3 Å². The van der Waals surface area contributed by atoms with Crippen LogP contribution in [0.2, 0.25) is 0 Å². The Labute approximate surface area is 212 Å². The first-order valence-corrected chi connectivity index (χ1v) is 11.9. The van der Waals surface area contributed by atoms with E-state index in [0.717, 1.165) is 32.3 Å². The Balaban J connectivity index is 1.59. The molecule has 5 aromatic rings. The molecular formula is C29H26N4O4. The minimum Gasteiger partial charge on any atom is -0.497 e. The summed E-state index contributed by atoms with van der Waals surface area (Å²) in [6, 6.07) is 22.1. The van der Waals surface area contributed by atoms with Gasteiger partial charge in [0, 0.05) is 29.2 Å². The predicted molar refractivity (Wildman–Crippen MR) is 145 cm³/mol. The van der Waals surface area contributed by atoms with Gasteiger partial charge in [0.2, 0.25) is 5.88 Å². The highest BCUT2D eigenvalue weighted by Crippen LogP contribution is 2.25. The van der Waals surface area contributed by atoms with Crippen molar-refractivity contribution in [2.24, 2.45) is 4.99 Å². The zero-order chi connectivity index (χ0) is 25.9. The molecule has 0 radical (unpaired) electrons. The third-order valence-corrected chi connectivity index (χ3v) is 6.29. The molecule has 0 aliphatic rings. The lowest BCUT2D eigenvalue weighted by molar-refractivity contribution is 0.415. The van der Waals surface area contributed by atoms with E-state index in [9.17, 15) is 14.7 Å². The summed E-state index contributed by atoms with van der Waals surface area (Å²) in [6.07, 6.45) is 2.52. The number of hydrogen-bond donors (Lipinski definition) is 3. The van der Waals surface area contributed by atoms with Gasteiger partial charge < -0.3 is 14.8 Å². The molecule has 8 heteroatoms. The normalized spacial score (nSPS) is 11.7. The zero-order valence-electron chi connectivity index (χ0n) is 20.5. The van der Waals surface area contributed by atoms with Gasteiger partial charge in [0.25, 0.3) is 5.56 Å². The Kier molecular flexibility index (Phi) is 6.47. The molecule has 5 rings (SSSR count). The van der Waals surface area contributed by atoms with Crippen LogP contribution in [0.5, 0.6) is 11.6 Å². The maximum absolute atomic E-state index is 13.0. The van der Waals surface area contributed by atoms with Gasteiger partial charge in [-0.3, -0.25) is 14.8 Å². The van der Waals surface area contributed by atoms with E-state index < -0.39 is 17.1 Å². The van der Waals surface area contributed by atoms with Crippen LogP contribution in [-0.2, 0) is 6.42 Å². The number of aliphatic imine (C=N–C) groups is 1. The molecule has 3 N–H and O–H groups in total. The standard InChI is InChI=1S/C29H26N4O4/c1-18-8-10-21(11-9-18)33-28(35)25(27(34)32-29(33)36)26(19-6-4-3-5-7-19)30-15-14-20-17-31-24-13-12-22(37-2)16-23(20)24/h3-13,16-17,31,35H,14-15H2,1-2H3,(H,32,34,36). The molecule has 37 heavy (non-hydrogen) atoms. The second-order valence-electron chi connectivity index (χ2n) is 8.70. The quantitative estimate of drug-likeness (QED) is 0.296. The molecule has 0 aliphatic carbocycles. The Morgan fingerprint density at radius 3 is 2.51 bits per heavy atom. The van der Waals surface area contributed by atoms with Crippen molar-refractivity contribution in [3.05, 3.63) is 122 Å². The first-order valence-electron chi connectivity index (χ1n) is 11.9. The van der Waals surface area contributed by atoms with Crippen molar-refractivity contribution in [3.8, 4) is 17.3 Å². The second-order valence-corrected chi connectivity index (χ2v) is 8.70. The number of methoxy groups -OCH3 is 1. The average molecular weight is 495 g/mol. The van der Waals surface area contributed by atoms with E-state index in [2.05, 4.69) is 9.97 Å². The maximum atomic E-state index is 13.0. The van der Waals surface area contributed by atoms with Crippen LogP contribution in [0.3, 0.4) is 0 Å². The monoisotopic (exact) mass is 494 g/mol. The Morgan fingerprint density at radius 2 is 1.78 bits per heavy atom.